The quantitative estimate of drug-likeness (QED) is 0.594. The van der Waals surface area contributed by atoms with Gasteiger partial charge in [0, 0.05) is 0 Å². The first-order chi connectivity index (χ1) is 5.46. The van der Waals surface area contributed by atoms with Crippen LogP contribution in [0.2, 0.25) is 0 Å². The summed E-state index contributed by atoms with van der Waals surface area (Å²) in [5, 5.41) is 0. The highest BCUT2D eigenvalue weighted by Gasteiger charge is 2.50. The molecule has 0 aliphatic heterocycles. The average Bonchev–Trinajstić information content (AvgIpc) is 2.62. The summed E-state index contributed by atoms with van der Waals surface area (Å²) in [5.41, 5.74) is 0.261. The van der Waals surface area contributed by atoms with E-state index in [9.17, 15) is 4.79 Å². The molecule has 0 aromatic rings. The van der Waals surface area contributed by atoms with Crippen molar-refractivity contribution in [3.8, 4) is 0 Å². The molecule has 0 saturated heterocycles. The summed E-state index contributed by atoms with van der Waals surface area (Å²) in [7, 11) is 0. The molecule has 1 fully saturated rings. The molecule has 0 spiro atoms. The van der Waals surface area contributed by atoms with Crippen LogP contribution in [0.3, 0.4) is 0 Å². The van der Waals surface area contributed by atoms with Crippen LogP contribution in [0.5, 0.6) is 0 Å². The lowest BCUT2D eigenvalue weighted by Gasteiger charge is -2.17. The van der Waals surface area contributed by atoms with E-state index in [2.05, 4.69) is 20.8 Å². The van der Waals surface area contributed by atoms with Crippen LogP contribution in [-0.4, -0.2) is 12.6 Å². The summed E-state index contributed by atoms with van der Waals surface area (Å²) >= 11 is 0. The zero-order valence-corrected chi connectivity index (χ0v) is 8.39. The van der Waals surface area contributed by atoms with E-state index in [0.29, 0.717) is 12.5 Å². The van der Waals surface area contributed by atoms with Crippen molar-refractivity contribution in [1.29, 1.82) is 0 Å². The Morgan fingerprint density at radius 1 is 1.50 bits per heavy atom. The molecule has 0 radical (unpaired) electrons. The number of esters is 1. The van der Waals surface area contributed by atoms with E-state index in [1.54, 1.807) is 0 Å². The molecular formula is C10H18O2. The van der Waals surface area contributed by atoms with E-state index in [1.165, 1.54) is 0 Å². The molecule has 2 atom stereocenters. The van der Waals surface area contributed by atoms with Crippen LogP contribution < -0.4 is 0 Å². The van der Waals surface area contributed by atoms with Gasteiger partial charge in [-0.05, 0) is 24.7 Å². The van der Waals surface area contributed by atoms with E-state index < -0.39 is 0 Å². The van der Waals surface area contributed by atoms with Crippen LogP contribution in [0, 0.1) is 17.3 Å². The lowest BCUT2D eigenvalue weighted by molar-refractivity contribution is -0.145. The number of ether oxygens (including phenoxy) is 1. The molecule has 1 rings (SSSR count). The molecule has 12 heavy (non-hydrogen) atoms. The summed E-state index contributed by atoms with van der Waals surface area (Å²) < 4.78 is 4.95. The SMILES string of the molecule is CCOC(=O)[C@H]1C[C@H]1C(C)(C)C. The van der Waals surface area contributed by atoms with Crippen molar-refractivity contribution in [2.75, 3.05) is 6.61 Å². The third kappa shape index (κ3) is 1.99. The summed E-state index contributed by atoms with van der Waals surface area (Å²) in [6.45, 7) is 8.89. The van der Waals surface area contributed by atoms with Crippen LogP contribution in [0.1, 0.15) is 34.1 Å². The monoisotopic (exact) mass is 170 g/mol. The van der Waals surface area contributed by atoms with Crippen LogP contribution in [0.4, 0.5) is 0 Å². The van der Waals surface area contributed by atoms with Crippen LogP contribution in [0.15, 0.2) is 0 Å². The van der Waals surface area contributed by atoms with Crippen molar-refractivity contribution in [2.45, 2.75) is 34.1 Å². The number of hydrogen-bond donors (Lipinski definition) is 0. The Morgan fingerprint density at radius 2 is 2.08 bits per heavy atom. The second kappa shape index (κ2) is 3.08. The number of rotatable bonds is 2. The molecule has 0 unspecified atom stereocenters. The van der Waals surface area contributed by atoms with Gasteiger partial charge >= 0.3 is 5.97 Å². The fourth-order valence-electron chi connectivity index (χ4n) is 1.66. The maximum Gasteiger partial charge on any atom is 0.309 e. The fraction of sp³-hybridized carbons (Fsp3) is 0.900. The maximum absolute atomic E-state index is 11.2. The third-order valence-corrected chi connectivity index (χ3v) is 2.49. The molecule has 1 saturated carbocycles. The zero-order valence-electron chi connectivity index (χ0n) is 8.39. The predicted octanol–water partition coefficient (Wildman–Crippen LogP) is 2.23. The summed E-state index contributed by atoms with van der Waals surface area (Å²) in [6, 6.07) is 0. The molecule has 1 aliphatic rings. The Hall–Kier alpha value is -0.530. The van der Waals surface area contributed by atoms with Gasteiger partial charge in [-0.25, -0.2) is 0 Å². The van der Waals surface area contributed by atoms with Gasteiger partial charge in [-0.1, -0.05) is 20.8 Å². The van der Waals surface area contributed by atoms with Crippen molar-refractivity contribution in [3.63, 3.8) is 0 Å². The van der Waals surface area contributed by atoms with E-state index in [0.717, 1.165) is 6.42 Å². The number of carbonyl (C=O) groups is 1. The Labute approximate surface area is 74.3 Å². The van der Waals surface area contributed by atoms with E-state index in [4.69, 9.17) is 4.74 Å². The minimum atomic E-state index is -0.00238. The van der Waals surface area contributed by atoms with E-state index in [-0.39, 0.29) is 17.3 Å². The smallest absolute Gasteiger partial charge is 0.309 e. The molecular weight excluding hydrogens is 152 g/mol. The van der Waals surface area contributed by atoms with Gasteiger partial charge < -0.3 is 4.74 Å². The van der Waals surface area contributed by atoms with Crippen molar-refractivity contribution < 1.29 is 9.53 Å². The molecule has 0 N–H and O–H groups in total. The standard InChI is InChI=1S/C10H18O2/c1-5-12-9(11)7-6-8(7)10(2,3)4/h7-8H,5-6H2,1-4H3/t7-,8+/m0/s1. The molecule has 0 heterocycles. The minimum Gasteiger partial charge on any atom is -0.466 e. The summed E-state index contributed by atoms with van der Waals surface area (Å²) in [4.78, 5) is 11.2. The van der Waals surface area contributed by atoms with Gasteiger partial charge in [-0.15, -0.1) is 0 Å². The molecule has 2 nitrogen and oxygen atoms in total. The maximum atomic E-state index is 11.2. The molecule has 0 aromatic heterocycles. The van der Waals surface area contributed by atoms with Gasteiger partial charge in [0.05, 0.1) is 12.5 Å². The Bertz CT molecular complexity index is 179. The van der Waals surface area contributed by atoms with Crippen molar-refractivity contribution in [1.82, 2.24) is 0 Å². The van der Waals surface area contributed by atoms with Gasteiger partial charge in [-0.3, -0.25) is 4.79 Å². The highest BCUT2D eigenvalue weighted by atomic mass is 16.5. The third-order valence-electron chi connectivity index (χ3n) is 2.49. The fourth-order valence-corrected chi connectivity index (χ4v) is 1.66. The van der Waals surface area contributed by atoms with Gasteiger partial charge in [0.1, 0.15) is 0 Å². The van der Waals surface area contributed by atoms with Gasteiger partial charge in [0.2, 0.25) is 0 Å². The Morgan fingerprint density at radius 3 is 2.42 bits per heavy atom. The van der Waals surface area contributed by atoms with Crippen LogP contribution >= 0.6 is 0 Å². The zero-order chi connectivity index (χ0) is 9.35. The lowest BCUT2D eigenvalue weighted by Crippen LogP contribution is -2.15. The highest BCUT2D eigenvalue weighted by molar-refractivity contribution is 5.75. The Kier molecular flexibility index (Phi) is 2.45. The molecule has 0 aromatic carbocycles. The molecule has 0 amide bonds. The minimum absolute atomic E-state index is 0.00238. The van der Waals surface area contributed by atoms with Crippen LogP contribution in [0.25, 0.3) is 0 Å². The number of carbonyl (C=O) groups excluding carboxylic acids is 1. The van der Waals surface area contributed by atoms with Gasteiger partial charge in [0.15, 0.2) is 0 Å². The first kappa shape index (κ1) is 9.56. The largest absolute Gasteiger partial charge is 0.466 e. The average molecular weight is 170 g/mol. The van der Waals surface area contributed by atoms with E-state index >= 15 is 0 Å². The van der Waals surface area contributed by atoms with Crippen molar-refractivity contribution in [2.24, 2.45) is 17.3 Å². The topological polar surface area (TPSA) is 26.3 Å². The summed E-state index contributed by atoms with van der Waals surface area (Å²) in [5.74, 6) is 0.721. The Balaban J connectivity index is 2.37. The van der Waals surface area contributed by atoms with Gasteiger partial charge in [-0.2, -0.15) is 0 Å². The second-order valence-electron chi connectivity index (χ2n) is 4.57. The first-order valence-corrected chi connectivity index (χ1v) is 4.63. The molecule has 0 bridgehead atoms. The molecule has 2 heteroatoms. The highest BCUT2D eigenvalue weighted by Crippen LogP contribution is 2.51. The molecule has 1 aliphatic carbocycles. The van der Waals surface area contributed by atoms with Gasteiger partial charge in [0.25, 0.3) is 0 Å². The van der Waals surface area contributed by atoms with Crippen LogP contribution in [-0.2, 0) is 9.53 Å². The normalized spacial score (nSPS) is 28.3. The molecule has 70 valence electrons. The van der Waals surface area contributed by atoms with Crippen molar-refractivity contribution in [3.05, 3.63) is 0 Å². The van der Waals surface area contributed by atoms with Crippen molar-refractivity contribution >= 4 is 5.97 Å². The second-order valence-corrected chi connectivity index (χ2v) is 4.57. The predicted molar refractivity (Wildman–Crippen MR) is 47.7 cm³/mol. The first-order valence-electron chi connectivity index (χ1n) is 4.63. The lowest BCUT2D eigenvalue weighted by atomic mass is 9.89. The number of hydrogen-bond acceptors (Lipinski definition) is 2. The van der Waals surface area contributed by atoms with E-state index in [1.807, 2.05) is 6.92 Å². The summed E-state index contributed by atoms with van der Waals surface area (Å²) in [6.07, 6.45) is 1.02.